The first kappa shape index (κ1) is 25.3. The van der Waals surface area contributed by atoms with E-state index in [0.717, 1.165) is 27.7 Å². The summed E-state index contributed by atoms with van der Waals surface area (Å²) in [6.45, 7) is 8.72. The van der Waals surface area contributed by atoms with E-state index in [9.17, 15) is 9.59 Å². The Hall–Kier alpha value is -4.32. The Kier molecular flexibility index (Phi) is 7.05. The van der Waals surface area contributed by atoms with Crippen LogP contribution >= 0.6 is 0 Å². The van der Waals surface area contributed by atoms with E-state index in [0.29, 0.717) is 24.2 Å². The molecule has 1 unspecified atom stereocenters. The number of anilines is 3. The molecule has 194 valence electrons. The fraction of sp³-hybridized carbons (Fsp3) is 0.250. The van der Waals surface area contributed by atoms with Crippen molar-refractivity contribution in [3.8, 4) is 0 Å². The van der Waals surface area contributed by atoms with Gasteiger partial charge < -0.3 is 0 Å². The van der Waals surface area contributed by atoms with Gasteiger partial charge in [-0.25, -0.2) is 9.80 Å². The van der Waals surface area contributed by atoms with Crippen molar-refractivity contribution in [3.05, 3.63) is 102 Å². The van der Waals surface area contributed by atoms with E-state index in [2.05, 4.69) is 25.3 Å². The number of benzene rings is 4. The minimum atomic E-state index is -0.487. The van der Waals surface area contributed by atoms with Crippen LogP contribution in [0.25, 0.3) is 10.8 Å². The highest BCUT2D eigenvalue weighted by Gasteiger charge is 2.42. The number of carbonyl (C=O) groups is 2. The van der Waals surface area contributed by atoms with Crippen molar-refractivity contribution in [2.45, 2.75) is 40.3 Å². The summed E-state index contributed by atoms with van der Waals surface area (Å²) < 4.78 is 0. The third kappa shape index (κ3) is 4.70. The van der Waals surface area contributed by atoms with Gasteiger partial charge in [-0.1, -0.05) is 81.4 Å². The monoisotopic (exact) mass is 506 g/mol. The zero-order chi connectivity index (χ0) is 26.8. The summed E-state index contributed by atoms with van der Waals surface area (Å²) in [5.41, 5.74) is 7.22. The molecule has 6 heteroatoms. The molecule has 1 heterocycles. The van der Waals surface area contributed by atoms with E-state index in [4.69, 9.17) is 0 Å². The number of carbonyl (C=O) groups excluding carboxylic acids is 2. The normalized spacial score (nSPS) is 15.1. The standard InChI is InChI=1S/C32H34N4O2/c1-5-30-35(26-19-18-24-13-7-8-14-25(24)20-26)31(37)27-15-9-11-17-29(27)36(30)32(38)34(21-22(2)3)33-28-16-10-6-12-23(28)4/h6-20,22,30,33H,5,21H2,1-4H3. The Morgan fingerprint density at radius 2 is 1.61 bits per heavy atom. The lowest BCUT2D eigenvalue weighted by molar-refractivity contribution is 0.0968. The van der Waals surface area contributed by atoms with Gasteiger partial charge >= 0.3 is 6.03 Å². The van der Waals surface area contributed by atoms with Crippen molar-refractivity contribution in [2.24, 2.45) is 5.92 Å². The topological polar surface area (TPSA) is 55.9 Å². The van der Waals surface area contributed by atoms with Gasteiger partial charge in [-0.15, -0.1) is 0 Å². The predicted octanol–water partition coefficient (Wildman–Crippen LogP) is 7.46. The zero-order valence-electron chi connectivity index (χ0n) is 22.4. The number of nitrogens with zero attached hydrogens (tertiary/aromatic N) is 3. The van der Waals surface area contributed by atoms with Crippen molar-refractivity contribution in [3.63, 3.8) is 0 Å². The van der Waals surface area contributed by atoms with Crippen LogP contribution in [0.2, 0.25) is 0 Å². The third-order valence-electron chi connectivity index (χ3n) is 6.97. The van der Waals surface area contributed by atoms with Crippen LogP contribution in [0.15, 0.2) is 91.0 Å². The molecule has 1 N–H and O–H groups in total. The Morgan fingerprint density at radius 1 is 0.921 bits per heavy atom. The van der Waals surface area contributed by atoms with Crippen LogP contribution in [0.1, 0.15) is 43.1 Å². The lowest BCUT2D eigenvalue weighted by Gasteiger charge is -2.45. The molecule has 0 bridgehead atoms. The number of fused-ring (bicyclic) bond motifs is 2. The Balaban J connectivity index is 1.61. The number of para-hydroxylation sites is 2. The number of aryl methyl sites for hydroxylation is 1. The number of urea groups is 1. The largest absolute Gasteiger partial charge is 0.344 e. The molecule has 1 aliphatic rings. The predicted molar refractivity (Wildman–Crippen MR) is 155 cm³/mol. The van der Waals surface area contributed by atoms with E-state index in [-0.39, 0.29) is 17.9 Å². The van der Waals surface area contributed by atoms with E-state index in [1.807, 2.05) is 92.7 Å². The molecule has 1 aliphatic heterocycles. The van der Waals surface area contributed by atoms with Gasteiger partial charge in [0, 0.05) is 12.2 Å². The van der Waals surface area contributed by atoms with E-state index in [1.54, 1.807) is 20.9 Å². The number of hydrazine groups is 1. The molecule has 1 atom stereocenters. The molecular weight excluding hydrogens is 472 g/mol. The summed E-state index contributed by atoms with van der Waals surface area (Å²) in [5.74, 6) is 0.128. The molecule has 6 nitrogen and oxygen atoms in total. The summed E-state index contributed by atoms with van der Waals surface area (Å²) in [5, 5.41) is 3.83. The highest BCUT2D eigenvalue weighted by Crippen LogP contribution is 2.37. The minimum absolute atomic E-state index is 0.103. The first-order valence-corrected chi connectivity index (χ1v) is 13.2. The number of amides is 3. The van der Waals surface area contributed by atoms with Gasteiger partial charge in [0.05, 0.1) is 16.9 Å². The van der Waals surface area contributed by atoms with Crippen LogP contribution in [0.3, 0.4) is 0 Å². The van der Waals surface area contributed by atoms with Crippen molar-refractivity contribution in [1.29, 1.82) is 0 Å². The summed E-state index contributed by atoms with van der Waals surface area (Å²) in [4.78, 5) is 31.9. The second kappa shape index (κ2) is 10.6. The van der Waals surface area contributed by atoms with Gasteiger partial charge in [0.1, 0.15) is 6.17 Å². The first-order valence-electron chi connectivity index (χ1n) is 13.2. The number of rotatable bonds is 6. The molecule has 0 saturated heterocycles. The minimum Gasteiger partial charge on any atom is -0.294 e. The van der Waals surface area contributed by atoms with Gasteiger partial charge in [-0.05, 0) is 65.9 Å². The first-order chi connectivity index (χ1) is 18.4. The van der Waals surface area contributed by atoms with Gasteiger partial charge in [0.15, 0.2) is 0 Å². The van der Waals surface area contributed by atoms with Crippen molar-refractivity contribution in [1.82, 2.24) is 5.01 Å². The molecule has 0 saturated carbocycles. The summed E-state index contributed by atoms with van der Waals surface area (Å²) in [7, 11) is 0. The van der Waals surface area contributed by atoms with Crippen LogP contribution in [0.4, 0.5) is 21.9 Å². The SMILES string of the molecule is CCC1N(c2ccc3ccccc3c2)C(=O)c2ccccc2N1C(=O)N(CC(C)C)Nc1ccccc1C. The Labute approximate surface area is 224 Å². The maximum absolute atomic E-state index is 14.4. The summed E-state index contributed by atoms with van der Waals surface area (Å²) >= 11 is 0. The van der Waals surface area contributed by atoms with Crippen LogP contribution in [-0.4, -0.2) is 29.7 Å². The van der Waals surface area contributed by atoms with E-state index in [1.165, 1.54) is 0 Å². The Morgan fingerprint density at radius 3 is 2.34 bits per heavy atom. The molecule has 3 amide bonds. The molecule has 4 aromatic carbocycles. The Bertz CT molecular complexity index is 1480. The molecule has 0 spiro atoms. The summed E-state index contributed by atoms with van der Waals surface area (Å²) in [6.07, 6.45) is 0.0813. The fourth-order valence-electron chi connectivity index (χ4n) is 5.13. The molecule has 0 aromatic heterocycles. The second-order valence-electron chi connectivity index (χ2n) is 10.2. The average molecular weight is 507 g/mol. The average Bonchev–Trinajstić information content (AvgIpc) is 2.93. The fourth-order valence-corrected chi connectivity index (χ4v) is 5.13. The number of hydrogen-bond donors (Lipinski definition) is 1. The smallest absolute Gasteiger partial charge is 0.294 e. The lowest BCUT2D eigenvalue weighted by atomic mass is 10.0. The molecular formula is C32H34N4O2. The molecule has 5 rings (SSSR count). The van der Waals surface area contributed by atoms with E-state index >= 15 is 0 Å². The van der Waals surface area contributed by atoms with Crippen LogP contribution < -0.4 is 15.2 Å². The summed E-state index contributed by atoms with van der Waals surface area (Å²) in [6, 6.07) is 29.3. The van der Waals surface area contributed by atoms with E-state index < -0.39 is 6.17 Å². The van der Waals surface area contributed by atoms with Crippen molar-refractivity contribution < 1.29 is 9.59 Å². The lowest BCUT2D eigenvalue weighted by Crippen LogP contribution is -2.61. The zero-order valence-corrected chi connectivity index (χ0v) is 22.4. The highest BCUT2D eigenvalue weighted by atomic mass is 16.2. The third-order valence-corrected chi connectivity index (χ3v) is 6.97. The van der Waals surface area contributed by atoms with Gasteiger partial charge in [-0.3, -0.25) is 20.0 Å². The van der Waals surface area contributed by atoms with Crippen LogP contribution in [0, 0.1) is 12.8 Å². The van der Waals surface area contributed by atoms with Crippen LogP contribution in [-0.2, 0) is 0 Å². The quantitative estimate of drug-likeness (QED) is 0.276. The second-order valence-corrected chi connectivity index (χ2v) is 10.2. The van der Waals surface area contributed by atoms with Gasteiger partial charge in [0.25, 0.3) is 5.91 Å². The highest BCUT2D eigenvalue weighted by molar-refractivity contribution is 6.16. The van der Waals surface area contributed by atoms with Crippen molar-refractivity contribution >= 4 is 39.8 Å². The number of hydrogen-bond acceptors (Lipinski definition) is 3. The van der Waals surface area contributed by atoms with Crippen LogP contribution in [0.5, 0.6) is 0 Å². The molecule has 0 radical (unpaired) electrons. The van der Waals surface area contributed by atoms with Crippen molar-refractivity contribution in [2.75, 3.05) is 21.8 Å². The maximum atomic E-state index is 14.4. The molecule has 38 heavy (non-hydrogen) atoms. The molecule has 0 fully saturated rings. The molecule has 4 aromatic rings. The number of nitrogens with one attached hydrogen (secondary N) is 1. The van der Waals surface area contributed by atoms with Gasteiger partial charge in [-0.2, -0.15) is 0 Å². The molecule has 0 aliphatic carbocycles. The van der Waals surface area contributed by atoms with Gasteiger partial charge in [0.2, 0.25) is 0 Å². The maximum Gasteiger partial charge on any atom is 0.344 e.